The molecule has 3 N–H and O–H groups in total. The Kier molecular flexibility index (Phi) is 11.7. The van der Waals surface area contributed by atoms with E-state index in [1.54, 1.807) is 17.5 Å². The fourth-order valence-corrected chi connectivity index (χ4v) is 6.83. The number of nitrogens with zero attached hydrogens (tertiary/aromatic N) is 5. The minimum Gasteiger partial charge on any atom is -0.477 e. The van der Waals surface area contributed by atoms with Crippen LogP contribution in [0.1, 0.15) is 67.9 Å². The fraction of sp³-hybridized carbons (Fsp3) is 0.545. The summed E-state index contributed by atoms with van der Waals surface area (Å²) in [6.45, 7) is 17.6. The molecule has 1 fully saturated rings. The number of nitrogens with one attached hydrogen (secondary N) is 1. The Labute approximate surface area is 272 Å². The number of aromatic nitrogens is 3. The second-order valence-corrected chi connectivity index (χ2v) is 19.4. The first-order valence-corrected chi connectivity index (χ1v) is 19.4. The first kappa shape index (κ1) is 34.5. The van der Waals surface area contributed by atoms with E-state index in [-0.39, 0.29) is 39.7 Å². The number of hydrogen-bond acceptors (Lipinski definition) is 10. The van der Waals surface area contributed by atoms with Crippen LogP contribution < -0.4 is 15.8 Å². The number of anilines is 1. The van der Waals surface area contributed by atoms with Gasteiger partial charge in [0.05, 0.1) is 18.0 Å². The minimum atomic E-state index is -1.83. The minimum absolute atomic E-state index is 0.0998. The number of piperidine rings is 1. The molecule has 1 aliphatic heterocycles. The van der Waals surface area contributed by atoms with E-state index < -0.39 is 8.32 Å². The second kappa shape index (κ2) is 15.3. The lowest BCUT2D eigenvalue weighted by atomic mass is 9.96. The normalized spacial score (nSPS) is 15.4. The number of rotatable bonds is 13. The molecule has 4 rings (SSSR count). The van der Waals surface area contributed by atoms with Crippen molar-refractivity contribution in [1.29, 1.82) is 5.26 Å². The number of carbonyl (C=O) groups is 1. The molecule has 0 aliphatic carbocycles. The SMILES string of the molecule is C[C@@H](CCOc1nc(C(=O)NCC2CCN(Cc3cnc(-c4ccccn4)s3)CC2)cc(N)c1C#N)CO[Si](C)(C)C(C)(C)C. The average Bonchev–Trinajstić information content (AvgIpc) is 3.48. The highest BCUT2D eigenvalue weighted by Gasteiger charge is 2.37. The molecule has 0 aromatic carbocycles. The summed E-state index contributed by atoms with van der Waals surface area (Å²) in [5.41, 5.74) is 7.53. The maximum Gasteiger partial charge on any atom is 0.270 e. The van der Waals surface area contributed by atoms with Gasteiger partial charge in [0, 0.05) is 37.0 Å². The number of nitrogens with two attached hydrogens (primary N) is 1. The van der Waals surface area contributed by atoms with Gasteiger partial charge in [-0.3, -0.25) is 14.7 Å². The third kappa shape index (κ3) is 9.56. The molecular formula is C33H47N7O3SSi. The Morgan fingerprint density at radius 3 is 2.69 bits per heavy atom. The monoisotopic (exact) mass is 649 g/mol. The third-order valence-corrected chi connectivity index (χ3v) is 14.3. The number of nitrogen functional groups attached to an aromatic ring is 1. The van der Waals surface area contributed by atoms with Gasteiger partial charge in [0.15, 0.2) is 8.32 Å². The Bertz CT molecular complexity index is 1460. The van der Waals surface area contributed by atoms with Crippen molar-refractivity contribution in [2.75, 3.05) is 38.6 Å². The summed E-state index contributed by atoms with van der Waals surface area (Å²) in [5.74, 6) is 0.423. The third-order valence-electron chi connectivity index (χ3n) is 8.82. The van der Waals surface area contributed by atoms with Crippen LogP contribution in [0.4, 0.5) is 5.69 Å². The van der Waals surface area contributed by atoms with Gasteiger partial charge in [0.1, 0.15) is 22.3 Å². The summed E-state index contributed by atoms with van der Waals surface area (Å²) in [4.78, 5) is 30.0. The number of thiazole rings is 1. The molecule has 1 atom stereocenters. The zero-order chi connectivity index (χ0) is 32.6. The standard InChI is InChI=1S/C33H47N7O3SSi/c1-23(22-43-45(5,6)33(2,3)4)12-16-42-31-26(18-34)27(35)17-29(39-31)30(41)37-19-24-10-14-40(15-11-24)21-25-20-38-32(44-25)28-9-7-8-13-36-28/h7-9,13,17,20,23-24H,10-12,14-16,19,21-22H2,1-6H3,(H2,35,39)(H,37,41)/t23-/m0/s1. The van der Waals surface area contributed by atoms with Crippen LogP contribution in [0.15, 0.2) is 36.7 Å². The molecule has 3 aromatic rings. The van der Waals surface area contributed by atoms with Gasteiger partial charge < -0.3 is 20.2 Å². The first-order chi connectivity index (χ1) is 21.4. The summed E-state index contributed by atoms with van der Waals surface area (Å²) < 4.78 is 12.2. The largest absolute Gasteiger partial charge is 0.477 e. The van der Waals surface area contributed by atoms with Crippen molar-refractivity contribution in [2.45, 2.75) is 71.6 Å². The van der Waals surface area contributed by atoms with Gasteiger partial charge in [-0.05, 0) is 80.5 Å². The van der Waals surface area contributed by atoms with Crippen molar-refractivity contribution in [2.24, 2.45) is 11.8 Å². The molecule has 0 radical (unpaired) electrons. The quantitative estimate of drug-likeness (QED) is 0.210. The average molecular weight is 650 g/mol. The summed E-state index contributed by atoms with van der Waals surface area (Å²) in [6, 6.07) is 9.38. The van der Waals surface area contributed by atoms with Crippen LogP contribution in [0, 0.1) is 23.2 Å². The molecule has 0 unspecified atom stereocenters. The Balaban J connectivity index is 1.23. The Hall–Kier alpha value is -3.37. The molecule has 0 spiro atoms. The molecule has 0 bridgehead atoms. The molecule has 3 aromatic heterocycles. The zero-order valence-corrected chi connectivity index (χ0v) is 29.2. The van der Waals surface area contributed by atoms with E-state index in [1.165, 1.54) is 10.9 Å². The fourth-order valence-electron chi connectivity index (χ4n) is 4.77. The van der Waals surface area contributed by atoms with Crippen molar-refractivity contribution >= 4 is 31.2 Å². The van der Waals surface area contributed by atoms with E-state index in [2.05, 4.69) is 72.0 Å². The van der Waals surface area contributed by atoms with Gasteiger partial charge in [0.25, 0.3) is 5.91 Å². The van der Waals surface area contributed by atoms with Crippen molar-refractivity contribution in [1.82, 2.24) is 25.2 Å². The molecule has 1 aliphatic rings. The van der Waals surface area contributed by atoms with Gasteiger partial charge >= 0.3 is 0 Å². The van der Waals surface area contributed by atoms with Gasteiger partial charge in [-0.15, -0.1) is 11.3 Å². The number of ether oxygens (including phenoxy) is 1. The van der Waals surface area contributed by atoms with Gasteiger partial charge in [-0.2, -0.15) is 5.26 Å². The molecular weight excluding hydrogens is 603 g/mol. The maximum absolute atomic E-state index is 13.1. The highest BCUT2D eigenvalue weighted by molar-refractivity contribution is 7.15. The number of hydrogen-bond donors (Lipinski definition) is 2. The van der Waals surface area contributed by atoms with Crippen LogP contribution in [-0.4, -0.2) is 66.9 Å². The van der Waals surface area contributed by atoms with Crippen LogP contribution in [0.2, 0.25) is 18.1 Å². The highest BCUT2D eigenvalue weighted by atomic mass is 32.1. The smallest absolute Gasteiger partial charge is 0.270 e. The maximum atomic E-state index is 13.1. The lowest BCUT2D eigenvalue weighted by Crippen LogP contribution is -2.41. The van der Waals surface area contributed by atoms with E-state index in [4.69, 9.17) is 14.9 Å². The van der Waals surface area contributed by atoms with Crippen LogP contribution in [0.5, 0.6) is 5.88 Å². The van der Waals surface area contributed by atoms with E-state index >= 15 is 0 Å². The van der Waals surface area contributed by atoms with E-state index in [0.717, 1.165) is 49.6 Å². The van der Waals surface area contributed by atoms with Crippen LogP contribution in [-0.2, 0) is 11.0 Å². The summed E-state index contributed by atoms with van der Waals surface area (Å²) in [7, 11) is -1.83. The summed E-state index contributed by atoms with van der Waals surface area (Å²) >= 11 is 1.68. The summed E-state index contributed by atoms with van der Waals surface area (Å²) in [5, 5.41) is 13.8. The Morgan fingerprint density at radius 1 is 1.27 bits per heavy atom. The molecule has 4 heterocycles. The number of pyridine rings is 2. The van der Waals surface area contributed by atoms with Crippen molar-refractivity contribution < 1.29 is 14.0 Å². The molecule has 12 heteroatoms. The lowest BCUT2D eigenvalue weighted by Gasteiger charge is -2.37. The number of nitriles is 1. The predicted octanol–water partition coefficient (Wildman–Crippen LogP) is 6.12. The van der Waals surface area contributed by atoms with Gasteiger partial charge in [-0.1, -0.05) is 33.8 Å². The van der Waals surface area contributed by atoms with Gasteiger partial charge in [0.2, 0.25) is 5.88 Å². The van der Waals surface area contributed by atoms with Crippen molar-refractivity contribution in [3.05, 3.63) is 52.8 Å². The van der Waals surface area contributed by atoms with Crippen LogP contribution in [0.25, 0.3) is 10.7 Å². The summed E-state index contributed by atoms with van der Waals surface area (Å²) in [6.07, 6.45) is 6.43. The predicted molar refractivity (Wildman–Crippen MR) is 181 cm³/mol. The molecule has 10 nitrogen and oxygen atoms in total. The molecule has 1 amide bonds. The van der Waals surface area contributed by atoms with E-state index in [1.807, 2.05) is 24.4 Å². The van der Waals surface area contributed by atoms with Crippen molar-refractivity contribution in [3.8, 4) is 22.7 Å². The van der Waals surface area contributed by atoms with Crippen LogP contribution in [0.3, 0.4) is 0 Å². The Morgan fingerprint density at radius 2 is 2.02 bits per heavy atom. The van der Waals surface area contributed by atoms with Crippen molar-refractivity contribution in [3.63, 3.8) is 0 Å². The van der Waals surface area contributed by atoms with E-state index in [9.17, 15) is 10.1 Å². The van der Waals surface area contributed by atoms with Gasteiger partial charge in [-0.25, -0.2) is 9.97 Å². The highest BCUT2D eigenvalue weighted by Crippen LogP contribution is 2.37. The number of amides is 1. The molecule has 45 heavy (non-hydrogen) atoms. The lowest BCUT2D eigenvalue weighted by molar-refractivity contribution is 0.0929. The number of carbonyl (C=O) groups excluding carboxylic acids is 1. The molecule has 1 saturated heterocycles. The first-order valence-electron chi connectivity index (χ1n) is 15.7. The molecule has 0 saturated carbocycles. The second-order valence-electron chi connectivity index (χ2n) is 13.5. The van der Waals surface area contributed by atoms with E-state index in [0.29, 0.717) is 25.7 Å². The molecule has 242 valence electrons. The van der Waals surface area contributed by atoms with Crippen LogP contribution >= 0.6 is 11.3 Å². The zero-order valence-electron chi connectivity index (χ0n) is 27.4. The topological polar surface area (TPSA) is 139 Å². The number of likely N-dealkylation sites (tertiary alicyclic amines) is 1.